The van der Waals surface area contributed by atoms with Crippen LogP contribution in [0.15, 0.2) is 47.4 Å². The van der Waals surface area contributed by atoms with Crippen molar-refractivity contribution >= 4 is 33.4 Å². The summed E-state index contributed by atoms with van der Waals surface area (Å²) >= 11 is 0. The van der Waals surface area contributed by atoms with Crippen LogP contribution in [0.4, 0.5) is 5.69 Å². The number of amides is 3. The van der Waals surface area contributed by atoms with E-state index in [1.54, 1.807) is 37.3 Å². The van der Waals surface area contributed by atoms with Crippen molar-refractivity contribution in [2.45, 2.75) is 24.7 Å². The Labute approximate surface area is 162 Å². The Bertz CT molecular complexity index is 1080. The van der Waals surface area contributed by atoms with Crippen molar-refractivity contribution in [3.8, 4) is 0 Å². The molecule has 28 heavy (non-hydrogen) atoms. The van der Waals surface area contributed by atoms with E-state index in [4.69, 9.17) is 5.14 Å². The summed E-state index contributed by atoms with van der Waals surface area (Å²) in [5.74, 6) is -1.24. The Balaban J connectivity index is 1.67. The number of imide groups is 1. The van der Waals surface area contributed by atoms with E-state index in [1.807, 2.05) is 0 Å². The highest BCUT2D eigenvalue weighted by Crippen LogP contribution is 2.21. The largest absolute Gasteiger partial charge is 0.326 e. The number of carbonyl (C=O) groups excluding carboxylic acids is 3. The zero-order chi connectivity index (χ0) is 20.5. The molecule has 0 atom stereocenters. The van der Waals surface area contributed by atoms with Crippen LogP contribution in [0.1, 0.15) is 27.9 Å². The van der Waals surface area contributed by atoms with Gasteiger partial charge in [-0.25, -0.2) is 13.6 Å². The zero-order valence-corrected chi connectivity index (χ0v) is 16.0. The number of hydrogen-bond acceptors (Lipinski definition) is 5. The standard InChI is InChI=1S/C19H19N3O5S/c1-12-6-7-14(11-16(12)28(20,26)27)21-17(23)8-9-22-18(24)10-13-4-2-3-5-15(13)19(22)25/h2-7,11H,8-10H2,1H3,(H,21,23)(H2,20,26,27). The first kappa shape index (κ1) is 19.7. The fourth-order valence-electron chi connectivity index (χ4n) is 3.05. The van der Waals surface area contributed by atoms with Crippen molar-refractivity contribution < 1.29 is 22.8 Å². The molecule has 0 bridgehead atoms. The van der Waals surface area contributed by atoms with Gasteiger partial charge >= 0.3 is 0 Å². The highest BCUT2D eigenvalue weighted by atomic mass is 32.2. The molecule has 2 aromatic rings. The molecule has 146 valence electrons. The average molecular weight is 401 g/mol. The molecule has 1 aliphatic rings. The van der Waals surface area contributed by atoms with Gasteiger partial charge in [0.05, 0.1) is 11.3 Å². The third kappa shape index (κ3) is 4.10. The molecule has 0 spiro atoms. The maximum atomic E-state index is 12.5. The molecule has 0 fully saturated rings. The zero-order valence-electron chi connectivity index (χ0n) is 15.1. The van der Waals surface area contributed by atoms with Gasteiger partial charge in [-0.15, -0.1) is 0 Å². The molecule has 1 heterocycles. The van der Waals surface area contributed by atoms with Gasteiger partial charge in [0, 0.05) is 24.2 Å². The fourth-order valence-corrected chi connectivity index (χ4v) is 3.86. The number of fused-ring (bicyclic) bond motifs is 1. The molecule has 3 N–H and O–H groups in total. The Kier molecular flexibility index (Phi) is 5.30. The molecule has 0 saturated heterocycles. The minimum Gasteiger partial charge on any atom is -0.326 e. The predicted octanol–water partition coefficient (Wildman–Crippen LogP) is 1.20. The van der Waals surface area contributed by atoms with Gasteiger partial charge in [0.25, 0.3) is 5.91 Å². The van der Waals surface area contributed by atoms with E-state index in [0.29, 0.717) is 16.7 Å². The van der Waals surface area contributed by atoms with Crippen molar-refractivity contribution in [3.05, 3.63) is 59.2 Å². The number of anilines is 1. The molecule has 1 aliphatic heterocycles. The summed E-state index contributed by atoms with van der Waals surface area (Å²) < 4.78 is 23.2. The topological polar surface area (TPSA) is 127 Å². The number of aryl methyl sites for hydroxylation is 1. The lowest BCUT2D eigenvalue weighted by molar-refractivity contribution is -0.128. The minimum atomic E-state index is -3.91. The second kappa shape index (κ2) is 7.53. The van der Waals surface area contributed by atoms with Crippen LogP contribution < -0.4 is 10.5 Å². The minimum absolute atomic E-state index is 0.0637. The SMILES string of the molecule is Cc1ccc(NC(=O)CCN2C(=O)Cc3ccccc3C2=O)cc1S(N)(=O)=O. The molecule has 8 nitrogen and oxygen atoms in total. The molecule has 9 heteroatoms. The van der Waals surface area contributed by atoms with Gasteiger partial charge in [-0.2, -0.15) is 0 Å². The first-order chi connectivity index (χ1) is 13.2. The van der Waals surface area contributed by atoms with E-state index in [-0.39, 0.29) is 35.9 Å². The van der Waals surface area contributed by atoms with E-state index in [2.05, 4.69) is 5.32 Å². The van der Waals surface area contributed by atoms with Crippen LogP contribution in [0.5, 0.6) is 0 Å². The number of sulfonamides is 1. The van der Waals surface area contributed by atoms with E-state index in [1.165, 1.54) is 12.1 Å². The van der Waals surface area contributed by atoms with Crippen molar-refractivity contribution in [3.63, 3.8) is 0 Å². The van der Waals surface area contributed by atoms with Crippen LogP contribution in [0, 0.1) is 6.92 Å². The Morgan fingerprint density at radius 2 is 1.89 bits per heavy atom. The molecule has 3 rings (SSSR count). The van der Waals surface area contributed by atoms with Crippen molar-refractivity contribution in [2.24, 2.45) is 5.14 Å². The van der Waals surface area contributed by atoms with Crippen LogP contribution in [-0.4, -0.2) is 37.6 Å². The van der Waals surface area contributed by atoms with Gasteiger partial charge in [-0.1, -0.05) is 24.3 Å². The average Bonchev–Trinajstić information content (AvgIpc) is 2.62. The Morgan fingerprint density at radius 3 is 2.61 bits per heavy atom. The van der Waals surface area contributed by atoms with Gasteiger partial charge in [-0.05, 0) is 36.2 Å². The Morgan fingerprint density at radius 1 is 1.18 bits per heavy atom. The van der Waals surface area contributed by atoms with Gasteiger partial charge in [0.2, 0.25) is 21.8 Å². The molecule has 3 amide bonds. The number of primary sulfonamides is 1. The monoisotopic (exact) mass is 401 g/mol. The molecule has 0 aliphatic carbocycles. The molecule has 0 aromatic heterocycles. The fraction of sp³-hybridized carbons (Fsp3) is 0.211. The third-order valence-electron chi connectivity index (χ3n) is 4.48. The number of carbonyl (C=O) groups is 3. The van der Waals surface area contributed by atoms with E-state index in [0.717, 1.165) is 4.90 Å². The number of hydrogen-bond donors (Lipinski definition) is 2. The summed E-state index contributed by atoms with van der Waals surface area (Å²) in [6.45, 7) is 1.53. The van der Waals surface area contributed by atoms with Crippen LogP contribution in [0.2, 0.25) is 0 Å². The van der Waals surface area contributed by atoms with E-state index >= 15 is 0 Å². The Hall–Kier alpha value is -3.04. The molecule has 0 radical (unpaired) electrons. The first-order valence-corrected chi connectivity index (χ1v) is 10.1. The van der Waals surface area contributed by atoms with Crippen molar-refractivity contribution in [2.75, 3.05) is 11.9 Å². The second-order valence-corrected chi connectivity index (χ2v) is 8.04. The quantitative estimate of drug-likeness (QED) is 0.728. The van der Waals surface area contributed by atoms with Gasteiger partial charge in [-0.3, -0.25) is 19.3 Å². The van der Waals surface area contributed by atoms with Crippen LogP contribution >= 0.6 is 0 Å². The second-order valence-electron chi connectivity index (χ2n) is 6.51. The summed E-state index contributed by atoms with van der Waals surface area (Å²) in [7, 11) is -3.91. The maximum Gasteiger partial charge on any atom is 0.260 e. The molecular formula is C19H19N3O5S. The number of nitrogens with zero attached hydrogens (tertiary/aromatic N) is 1. The van der Waals surface area contributed by atoms with E-state index in [9.17, 15) is 22.8 Å². The molecular weight excluding hydrogens is 382 g/mol. The van der Waals surface area contributed by atoms with Gasteiger partial charge in [0.15, 0.2) is 0 Å². The number of nitrogens with two attached hydrogens (primary N) is 1. The first-order valence-electron chi connectivity index (χ1n) is 8.53. The summed E-state index contributed by atoms with van der Waals surface area (Å²) in [5, 5.41) is 7.72. The lowest BCUT2D eigenvalue weighted by atomic mass is 9.98. The normalized spacial score (nSPS) is 14.0. The summed E-state index contributed by atoms with van der Waals surface area (Å²) in [5.41, 5.74) is 1.86. The van der Waals surface area contributed by atoms with Gasteiger partial charge in [0.1, 0.15) is 0 Å². The molecule has 0 saturated carbocycles. The lowest BCUT2D eigenvalue weighted by Gasteiger charge is -2.26. The predicted molar refractivity (Wildman–Crippen MR) is 102 cm³/mol. The molecule has 2 aromatic carbocycles. The number of nitrogens with one attached hydrogen (secondary N) is 1. The summed E-state index contributed by atoms with van der Waals surface area (Å²) in [6, 6.07) is 11.2. The summed E-state index contributed by atoms with van der Waals surface area (Å²) in [4.78, 5) is 37.9. The maximum absolute atomic E-state index is 12.5. The third-order valence-corrected chi connectivity index (χ3v) is 5.53. The lowest BCUT2D eigenvalue weighted by Crippen LogP contribution is -2.43. The summed E-state index contributed by atoms with van der Waals surface area (Å²) in [6.07, 6.45) is -0.00253. The van der Waals surface area contributed by atoms with Crippen LogP contribution in [0.25, 0.3) is 0 Å². The van der Waals surface area contributed by atoms with Crippen molar-refractivity contribution in [1.29, 1.82) is 0 Å². The highest BCUT2D eigenvalue weighted by Gasteiger charge is 2.30. The van der Waals surface area contributed by atoms with Gasteiger partial charge < -0.3 is 5.32 Å². The molecule has 0 unspecified atom stereocenters. The number of rotatable bonds is 5. The van der Waals surface area contributed by atoms with E-state index < -0.39 is 21.8 Å². The highest BCUT2D eigenvalue weighted by molar-refractivity contribution is 7.89. The number of benzene rings is 2. The smallest absolute Gasteiger partial charge is 0.260 e. The van der Waals surface area contributed by atoms with Crippen LogP contribution in [-0.2, 0) is 26.0 Å². The van der Waals surface area contributed by atoms with Crippen molar-refractivity contribution in [1.82, 2.24) is 4.90 Å². The van der Waals surface area contributed by atoms with Crippen LogP contribution in [0.3, 0.4) is 0 Å².